The molecule has 7 heteroatoms. The summed E-state index contributed by atoms with van der Waals surface area (Å²) in [5.74, 6) is 0.678. The molecule has 0 spiro atoms. The zero-order valence-electron chi connectivity index (χ0n) is 12.1. The first kappa shape index (κ1) is 15.4. The van der Waals surface area contributed by atoms with E-state index < -0.39 is 5.82 Å². The van der Waals surface area contributed by atoms with Crippen molar-refractivity contribution in [1.82, 2.24) is 0 Å². The first-order valence-corrected chi connectivity index (χ1v) is 7.38. The summed E-state index contributed by atoms with van der Waals surface area (Å²) in [6.07, 6.45) is 0.253. The van der Waals surface area contributed by atoms with Crippen LogP contribution in [0.1, 0.15) is 6.42 Å². The molecule has 2 aromatic rings. The number of fused-ring (bicyclic) bond motifs is 1. The van der Waals surface area contributed by atoms with Gasteiger partial charge < -0.3 is 20.1 Å². The van der Waals surface area contributed by atoms with Gasteiger partial charge in [0.1, 0.15) is 5.82 Å². The first-order chi connectivity index (χ1) is 11.1. The van der Waals surface area contributed by atoms with Crippen LogP contribution in [-0.4, -0.2) is 19.2 Å². The monoisotopic (exact) mass is 336 g/mol. The number of amides is 1. The molecule has 0 bridgehead atoms. The molecule has 0 aromatic heterocycles. The Morgan fingerprint density at radius 2 is 1.91 bits per heavy atom. The number of halogens is 2. The van der Waals surface area contributed by atoms with E-state index in [2.05, 4.69) is 10.6 Å². The molecule has 0 saturated carbocycles. The minimum atomic E-state index is -0.519. The van der Waals surface area contributed by atoms with Crippen LogP contribution >= 0.6 is 11.6 Å². The van der Waals surface area contributed by atoms with Gasteiger partial charge in [0.2, 0.25) is 12.7 Å². The Morgan fingerprint density at radius 1 is 1.13 bits per heavy atom. The van der Waals surface area contributed by atoms with Crippen molar-refractivity contribution in [2.75, 3.05) is 24.0 Å². The SMILES string of the molecule is O=C(CCNc1ccc2c(c1)OCO2)Nc1ccc(F)c(Cl)c1. The Bertz CT molecular complexity index is 739. The van der Waals surface area contributed by atoms with E-state index in [-0.39, 0.29) is 24.1 Å². The van der Waals surface area contributed by atoms with Gasteiger partial charge in [0.25, 0.3) is 0 Å². The average molecular weight is 337 g/mol. The number of carbonyl (C=O) groups is 1. The van der Waals surface area contributed by atoms with Crippen LogP contribution in [0.4, 0.5) is 15.8 Å². The summed E-state index contributed by atoms with van der Waals surface area (Å²) in [4.78, 5) is 11.9. The summed E-state index contributed by atoms with van der Waals surface area (Å²) in [5.41, 5.74) is 1.30. The van der Waals surface area contributed by atoms with Gasteiger partial charge >= 0.3 is 0 Å². The molecule has 0 unspecified atom stereocenters. The molecule has 5 nitrogen and oxygen atoms in total. The third-order valence-corrected chi connectivity index (χ3v) is 3.55. The van der Waals surface area contributed by atoms with Gasteiger partial charge in [-0.1, -0.05) is 11.6 Å². The second-order valence-electron chi connectivity index (χ2n) is 4.92. The fourth-order valence-corrected chi connectivity index (χ4v) is 2.30. The van der Waals surface area contributed by atoms with E-state index in [9.17, 15) is 9.18 Å². The van der Waals surface area contributed by atoms with E-state index in [1.54, 1.807) is 0 Å². The van der Waals surface area contributed by atoms with Crippen LogP contribution < -0.4 is 20.1 Å². The van der Waals surface area contributed by atoms with Crippen LogP contribution in [0, 0.1) is 5.82 Å². The smallest absolute Gasteiger partial charge is 0.231 e. The molecular formula is C16H14ClFN2O3. The summed E-state index contributed by atoms with van der Waals surface area (Å²) in [6, 6.07) is 9.53. The minimum Gasteiger partial charge on any atom is -0.454 e. The standard InChI is InChI=1S/C16H14ClFN2O3/c17-12-7-11(1-3-13(12)18)20-16(21)5-6-19-10-2-4-14-15(8-10)23-9-22-14/h1-4,7-8,19H,5-6,9H2,(H,20,21). The molecule has 0 atom stereocenters. The third kappa shape index (κ3) is 3.84. The lowest BCUT2D eigenvalue weighted by Gasteiger charge is -2.08. The summed E-state index contributed by atoms with van der Waals surface area (Å²) in [5, 5.41) is 5.77. The topological polar surface area (TPSA) is 59.6 Å². The van der Waals surface area contributed by atoms with Crippen molar-refractivity contribution in [2.45, 2.75) is 6.42 Å². The van der Waals surface area contributed by atoms with Gasteiger partial charge in [-0.05, 0) is 30.3 Å². The van der Waals surface area contributed by atoms with Gasteiger partial charge in [0.15, 0.2) is 11.5 Å². The molecule has 1 aliphatic heterocycles. The highest BCUT2D eigenvalue weighted by atomic mass is 35.5. The van der Waals surface area contributed by atoms with Gasteiger partial charge in [0, 0.05) is 30.4 Å². The fourth-order valence-electron chi connectivity index (χ4n) is 2.12. The molecule has 0 radical (unpaired) electrons. The molecular weight excluding hydrogens is 323 g/mol. The maximum atomic E-state index is 13.0. The second kappa shape index (κ2) is 6.75. The highest BCUT2D eigenvalue weighted by Crippen LogP contribution is 2.34. The van der Waals surface area contributed by atoms with Gasteiger partial charge in [-0.25, -0.2) is 4.39 Å². The number of nitrogens with one attached hydrogen (secondary N) is 2. The van der Waals surface area contributed by atoms with E-state index in [1.807, 2.05) is 18.2 Å². The van der Waals surface area contributed by atoms with Crippen molar-refractivity contribution in [3.8, 4) is 11.5 Å². The van der Waals surface area contributed by atoms with E-state index in [4.69, 9.17) is 21.1 Å². The van der Waals surface area contributed by atoms with Crippen molar-refractivity contribution in [1.29, 1.82) is 0 Å². The van der Waals surface area contributed by atoms with Crippen molar-refractivity contribution < 1.29 is 18.7 Å². The number of ether oxygens (including phenoxy) is 2. The van der Waals surface area contributed by atoms with Crippen molar-refractivity contribution in [3.63, 3.8) is 0 Å². The summed E-state index contributed by atoms with van der Waals surface area (Å²) < 4.78 is 23.6. The van der Waals surface area contributed by atoms with E-state index in [0.717, 1.165) is 5.69 Å². The largest absolute Gasteiger partial charge is 0.454 e. The average Bonchev–Trinajstić information content (AvgIpc) is 2.98. The Labute approximate surface area is 137 Å². The zero-order chi connectivity index (χ0) is 16.2. The molecule has 2 aromatic carbocycles. The molecule has 1 aliphatic rings. The van der Waals surface area contributed by atoms with E-state index in [1.165, 1.54) is 18.2 Å². The maximum absolute atomic E-state index is 13.0. The molecule has 0 fully saturated rings. The van der Waals surface area contributed by atoms with Gasteiger partial charge in [-0.3, -0.25) is 4.79 Å². The van der Waals surface area contributed by atoms with Crippen LogP contribution in [-0.2, 0) is 4.79 Å². The summed E-state index contributed by atoms with van der Waals surface area (Å²) in [6.45, 7) is 0.668. The van der Waals surface area contributed by atoms with E-state index in [0.29, 0.717) is 23.7 Å². The molecule has 1 amide bonds. The Balaban J connectivity index is 1.48. The minimum absolute atomic E-state index is 0.0266. The lowest BCUT2D eigenvalue weighted by molar-refractivity contribution is -0.115. The van der Waals surface area contributed by atoms with Crippen LogP contribution in [0.2, 0.25) is 5.02 Å². The number of anilines is 2. The molecule has 120 valence electrons. The second-order valence-corrected chi connectivity index (χ2v) is 5.33. The molecule has 1 heterocycles. The third-order valence-electron chi connectivity index (χ3n) is 3.26. The van der Waals surface area contributed by atoms with Crippen LogP contribution in [0.15, 0.2) is 36.4 Å². The van der Waals surface area contributed by atoms with Crippen LogP contribution in [0.3, 0.4) is 0 Å². The molecule has 0 saturated heterocycles. The van der Waals surface area contributed by atoms with Crippen LogP contribution in [0.5, 0.6) is 11.5 Å². The summed E-state index contributed by atoms with van der Waals surface area (Å²) >= 11 is 5.67. The Kier molecular flexibility index (Phi) is 4.52. The maximum Gasteiger partial charge on any atom is 0.231 e. The number of carbonyl (C=O) groups excluding carboxylic acids is 1. The highest BCUT2D eigenvalue weighted by Gasteiger charge is 2.13. The predicted molar refractivity (Wildman–Crippen MR) is 85.7 cm³/mol. The number of hydrogen-bond donors (Lipinski definition) is 2. The highest BCUT2D eigenvalue weighted by molar-refractivity contribution is 6.31. The molecule has 23 heavy (non-hydrogen) atoms. The summed E-state index contributed by atoms with van der Waals surface area (Å²) in [7, 11) is 0. The van der Waals surface area contributed by atoms with Crippen LogP contribution in [0.25, 0.3) is 0 Å². The van der Waals surface area contributed by atoms with Gasteiger partial charge in [-0.15, -0.1) is 0 Å². The van der Waals surface area contributed by atoms with Crippen molar-refractivity contribution >= 4 is 28.9 Å². The lowest BCUT2D eigenvalue weighted by Crippen LogP contribution is -2.16. The normalized spacial score (nSPS) is 12.1. The van der Waals surface area contributed by atoms with Gasteiger partial charge in [0.05, 0.1) is 5.02 Å². The Morgan fingerprint density at radius 3 is 2.74 bits per heavy atom. The van der Waals surface area contributed by atoms with Crippen molar-refractivity contribution in [2.24, 2.45) is 0 Å². The van der Waals surface area contributed by atoms with Crippen molar-refractivity contribution in [3.05, 3.63) is 47.2 Å². The number of rotatable bonds is 5. The quantitative estimate of drug-likeness (QED) is 0.875. The van der Waals surface area contributed by atoms with Gasteiger partial charge in [-0.2, -0.15) is 0 Å². The predicted octanol–water partition coefficient (Wildman–Crippen LogP) is 3.65. The van der Waals surface area contributed by atoms with E-state index >= 15 is 0 Å². The fraction of sp³-hybridized carbons (Fsp3) is 0.188. The first-order valence-electron chi connectivity index (χ1n) is 7.00. The molecule has 0 aliphatic carbocycles. The molecule has 3 rings (SSSR count). The molecule has 2 N–H and O–H groups in total. The Hall–Kier alpha value is -2.47. The number of benzene rings is 2. The lowest BCUT2D eigenvalue weighted by atomic mass is 10.2. The number of hydrogen-bond acceptors (Lipinski definition) is 4. The zero-order valence-corrected chi connectivity index (χ0v) is 12.8.